The molecule has 2 aromatic heterocycles. The minimum atomic E-state index is 0.752. The average Bonchev–Trinajstić information content (AvgIpc) is 2.81. The van der Waals surface area contributed by atoms with E-state index in [4.69, 9.17) is 5.73 Å². The molecule has 0 atom stereocenters. The molecule has 0 bridgehead atoms. The standard InChI is InChI=1S/C14H19IN4/c1-11-14(12-4-5-13(8-15)17-9-12)18-10-19(11)7-3-2-6-16/h4-5,9-10H,2-3,6-8,16H2,1H3. The molecule has 0 aliphatic heterocycles. The monoisotopic (exact) mass is 370 g/mol. The van der Waals surface area contributed by atoms with Gasteiger partial charge in [0, 0.05) is 28.4 Å². The third-order valence-electron chi connectivity index (χ3n) is 3.19. The number of unbranched alkanes of at least 4 members (excludes halogenated alkanes) is 1. The molecule has 2 aromatic rings. The summed E-state index contributed by atoms with van der Waals surface area (Å²) in [6, 6.07) is 4.16. The highest BCUT2D eigenvalue weighted by Crippen LogP contribution is 2.21. The van der Waals surface area contributed by atoms with Gasteiger partial charge in [0.2, 0.25) is 0 Å². The molecule has 102 valence electrons. The number of halogens is 1. The van der Waals surface area contributed by atoms with Crippen LogP contribution in [0.5, 0.6) is 0 Å². The molecule has 0 aromatic carbocycles. The van der Waals surface area contributed by atoms with Crippen molar-refractivity contribution in [3.05, 3.63) is 36.0 Å². The topological polar surface area (TPSA) is 56.7 Å². The lowest BCUT2D eigenvalue weighted by atomic mass is 10.1. The third kappa shape index (κ3) is 3.54. The van der Waals surface area contributed by atoms with Gasteiger partial charge in [-0.3, -0.25) is 4.98 Å². The van der Waals surface area contributed by atoms with E-state index < -0.39 is 0 Å². The molecule has 2 N–H and O–H groups in total. The second-order valence-electron chi connectivity index (χ2n) is 4.54. The molecule has 0 aliphatic carbocycles. The molecule has 0 unspecified atom stereocenters. The van der Waals surface area contributed by atoms with Crippen molar-refractivity contribution in [3.63, 3.8) is 0 Å². The maximum Gasteiger partial charge on any atom is 0.0955 e. The highest BCUT2D eigenvalue weighted by molar-refractivity contribution is 14.1. The summed E-state index contributed by atoms with van der Waals surface area (Å²) >= 11 is 2.32. The van der Waals surface area contributed by atoms with E-state index in [-0.39, 0.29) is 0 Å². The van der Waals surface area contributed by atoms with Crippen molar-refractivity contribution >= 4 is 22.6 Å². The molecule has 0 saturated carbocycles. The third-order valence-corrected chi connectivity index (χ3v) is 3.97. The molecule has 0 saturated heterocycles. The summed E-state index contributed by atoms with van der Waals surface area (Å²) in [6.07, 6.45) is 5.97. The van der Waals surface area contributed by atoms with Crippen molar-refractivity contribution < 1.29 is 0 Å². The van der Waals surface area contributed by atoms with Gasteiger partial charge in [0.05, 0.1) is 17.7 Å². The quantitative estimate of drug-likeness (QED) is 0.483. The van der Waals surface area contributed by atoms with Gasteiger partial charge in [-0.05, 0) is 38.4 Å². The molecule has 4 nitrogen and oxygen atoms in total. The lowest BCUT2D eigenvalue weighted by Gasteiger charge is -2.05. The molecule has 0 spiro atoms. The average molecular weight is 370 g/mol. The minimum absolute atomic E-state index is 0.752. The van der Waals surface area contributed by atoms with Crippen LogP contribution >= 0.6 is 22.6 Å². The number of rotatable bonds is 6. The second kappa shape index (κ2) is 7.00. The predicted octanol–water partition coefficient (Wildman–Crippen LogP) is 2.93. The van der Waals surface area contributed by atoms with E-state index in [1.165, 1.54) is 5.69 Å². The van der Waals surface area contributed by atoms with Crippen LogP contribution in [-0.4, -0.2) is 21.1 Å². The number of aromatic nitrogens is 3. The molecular weight excluding hydrogens is 351 g/mol. The van der Waals surface area contributed by atoms with Crippen molar-refractivity contribution in [1.82, 2.24) is 14.5 Å². The molecule has 0 aliphatic rings. The number of imidazole rings is 1. The van der Waals surface area contributed by atoms with Gasteiger partial charge in [-0.15, -0.1) is 0 Å². The molecular formula is C14H19IN4. The molecule has 0 amide bonds. The Morgan fingerprint density at radius 3 is 2.74 bits per heavy atom. The Bertz CT molecular complexity index is 519. The number of hydrogen-bond donors (Lipinski definition) is 1. The van der Waals surface area contributed by atoms with Crippen LogP contribution in [0.15, 0.2) is 24.7 Å². The first-order valence-electron chi connectivity index (χ1n) is 6.49. The Hall–Kier alpha value is -0.950. The summed E-state index contributed by atoms with van der Waals surface area (Å²) in [5.74, 6) is 0. The molecule has 0 radical (unpaired) electrons. The van der Waals surface area contributed by atoms with Crippen LogP contribution in [0.2, 0.25) is 0 Å². The van der Waals surface area contributed by atoms with Crippen molar-refractivity contribution in [2.45, 2.75) is 30.7 Å². The number of alkyl halides is 1. The zero-order valence-corrected chi connectivity index (χ0v) is 13.3. The summed E-state index contributed by atoms with van der Waals surface area (Å²) < 4.78 is 3.13. The fourth-order valence-electron chi connectivity index (χ4n) is 2.02. The van der Waals surface area contributed by atoms with Crippen LogP contribution in [-0.2, 0) is 11.0 Å². The highest BCUT2D eigenvalue weighted by Gasteiger charge is 2.09. The molecule has 0 fully saturated rings. The maximum absolute atomic E-state index is 5.52. The van der Waals surface area contributed by atoms with E-state index in [9.17, 15) is 0 Å². The van der Waals surface area contributed by atoms with Gasteiger partial charge in [0.1, 0.15) is 0 Å². The number of nitrogens with two attached hydrogens (primary N) is 1. The van der Waals surface area contributed by atoms with Gasteiger partial charge in [-0.2, -0.15) is 0 Å². The summed E-state index contributed by atoms with van der Waals surface area (Å²) in [6.45, 7) is 3.84. The summed E-state index contributed by atoms with van der Waals surface area (Å²) in [4.78, 5) is 8.94. The van der Waals surface area contributed by atoms with Gasteiger partial charge < -0.3 is 10.3 Å². The van der Waals surface area contributed by atoms with E-state index in [2.05, 4.69) is 56.2 Å². The van der Waals surface area contributed by atoms with Crippen molar-refractivity contribution in [2.24, 2.45) is 5.73 Å². The van der Waals surface area contributed by atoms with Crippen LogP contribution < -0.4 is 5.73 Å². The van der Waals surface area contributed by atoms with Crippen molar-refractivity contribution in [1.29, 1.82) is 0 Å². The lowest BCUT2D eigenvalue weighted by molar-refractivity contribution is 0.604. The SMILES string of the molecule is Cc1c(-c2ccc(CI)nc2)ncn1CCCCN. The molecule has 19 heavy (non-hydrogen) atoms. The van der Waals surface area contributed by atoms with E-state index in [1.807, 2.05) is 12.5 Å². The van der Waals surface area contributed by atoms with Gasteiger partial charge in [0.25, 0.3) is 0 Å². The number of hydrogen-bond acceptors (Lipinski definition) is 3. The molecule has 2 heterocycles. The van der Waals surface area contributed by atoms with Gasteiger partial charge in [0.15, 0.2) is 0 Å². The van der Waals surface area contributed by atoms with Crippen molar-refractivity contribution in [3.8, 4) is 11.3 Å². The van der Waals surface area contributed by atoms with Crippen LogP contribution in [0.3, 0.4) is 0 Å². The van der Waals surface area contributed by atoms with Gasteiger partial charge in [-0.1, -0.05) is 22.6 Å². The number of aryl methyl sites for hydroxylation is 1. The summed E-state index contributed by atoms with van der Waals surface area (Å²) in [7, 11) is 0. The van der Waals surface area contributed by atoms with Crippen molar-refractivity contribution in [2.75, 3.05) is 6.54 Å². The Morgan fingerprint density at radius 2 is 2.11 bits per heavy atom. The zero-order valence-electron chi connectivity index (χ0n) is 11.1. The van der Waals surface area contributed by atoms with Crippen LogP contribution in [0.1, 0.15) is 24.2 Å². The summed E-state index contributed by atoms with van der Waals surface area (Å²) in [5.41, 5.74) is 9.93. The highest BCUT2D eigenvalue weighted by atomic mass is 127. The van der Waals surface area contributed by atoms with Gasteiger partial charge in [-0.25, -0.2) is 4.98 Å². The minimum Gasteiger partial charge on any atom is -0.334 e. The van der Waals surface area contributed by atoms with E-state index in [0.29, 0.717) is 0 Å². The molecule has 2 rings (SSSR count). The van der Waals surface area contributed by atoms with Crippen LogP contribution in [0, 0.1) is 6.92 Å². The Morgan fingerprint density at radius 1 is 1.26 bits per heavy atom. The fraction of sp³-hybridized carbons (Fsp3) is 0.429. The predicted molar refractivity (Wildman–Crippen MR) is 86.2 cm³/mol. The lowest BCUT2D eigenvalue weighted by Crippen LogP contribution is -2.03. The first-order chi connectivity index (χ1) is 9.26. The van der Waals surface area contributed by atoms with Crippen LogP contribution in [0.25, 0.3) is 11.3 Å². The fourth-order valence-corrected chi connectivity index (χ4v) is 2.47. The molecule has 5 heteroatoms. The first kappa shape index (κ1) is 14.5. The largest absolute Gasteiger partial charge is 0.334 e. The van der Waals surface area contributed by atoms with E-state index in [0.717, 1.165) is 47.3 Å². The first-order valence-corrected chi connectivity index (χ1v) is 8.02. The van der Waals surface area contributed by atoms with E-state index in [1.54, 1.807) is 0 Å². The summed E-state index contributed by atoms with van der Waals surface area (Å²) in [5, 5.41) is 0. The Balaban J connectivity index is 2.15. The maximum atomic E-state index is 5.52. The van der Waals surface area contributed by atoms with E-state index >= 15 is 0 Å². The normalized spacial score (nSPS) is 10.9. The Labute approximate surface area is 127 Å². The zero-order chi connectivity index (χ0) is 13.7. The smallest absolute Gasteiger partial charge is 0.0955 e. The number of nitrogens with zero attached hydrogens (tertiary/aromatic N) is 3. The second-order valence-corrected chi connectivity index (χ2v) is 5.30. The van der Waals surface area contributed by atoms with Gasteiger partial charge >= 0.3 is 0 Å². The number of pyridine rings is 1. The van der Waals surface area contributed by atoms with Crippen LogP contribution in [0.4, 0.5) is 0 Å². The Kier molecular flexibility index (Phi) is 5.33.